The summed E-state index contributed by atoms with van der Waals surface area (Å²) < 4.78 is 5.81. The van der Waals surface area contributed by atoms with Gasteiger partial charge < -0.3 is 14.9 Å². The maximum atomic E-state index is 14.0. The summed E-state index contributed by atoms with van der Waals surface area (Å²) >= 11 is 0. The van der Waals surface area contributed by atoms with Gasteiger partial charge in [0.15, 0.2) is 11.6 Å². The fourth-order valence-corrected chi connectivity index (χ4v) is 8.49. The van der Waals surface area contributed by atoms with Crippen LogP contribution in [-0.2, 0) is 19.1 Å². The summed E-state index contributed by atoms with van der Waals surface area (Å²) in [6.07, 6.45) is 56.5. The van der Waals surface area contributed by atoms with Gasteiger partial charge in [-0.25, -0.2) is 0 Å². The lowest BCUT2D eigenvalue weighted by Gasteiger charge is -2.34. The second-order valence-electron chi connectivity index (χ2n) is 18.8. The number of esters is 1. The summed E-state index contributed by atoms with van der Waals surface area (Å²) in [4.78, 5) is 41.2. The number of carbonyl (C=O) groups excluding carboxylic acids is 3. The van der Waals surface area contributed by atoms with Crippen molar-refractivity contribution in [2.45, 2.75) is 302 Å². The highest BCUT2D eigenvalue weighted by Crippen LogP contribution is 2.28. The van der Waals surface area contributed by atoms with Crippen LogP contribution in [0.1, 0.15) is 290 Å². The summed E-state index contributed by atoms with van der Waals surface area (Å²) in [5.41, 5.74) is -2.34. The van der Waals surface area contributed by atoms with Crippen LogP contribution < -0.4 is 0 Å². The minimum atomic E-state index is -2.34. The summed E-state index contributed by atoms with van der Waals surface area (Å²) in [7, 11) is 0. The van der Waals surface area contributed by atoms with E-state index in [4.69, 9.17) is 4.74 Å². The summed E-state index contributed by atoms with van der Waals surface area (Å²) in [6, 6.07) is 0. The molecule has 1 unspecified atom stereocenters. The zero-order chi connectivity index (χ0) is 46.2. The number of unbranched alkanes of at least 4 members (excludes halogenated alkanes) is 33. The van der Waals surface area contributed by atoms with Crippen LogP contribution in [0.3, 0.4) is 0 Å². The largest absolute Gasteiger partial charge is 0.440 e. The standard InChI is InChI=1S/C57H104O6/c1-4-7-10-13-16-19-22-25-28-31-34-37-40-43-46-49-53(59)57(55(61)52-58,54(60)50-47-44-41-38-35-32-29-26-23-20-17-14-11-8-5-2)63-56(62)51-48-45-42-39-36-33-30-27-24-21-18-15-12-9-6-3/h25-30,55,58,61H,4-24,31-52H2,1-3H3/b28-25-,29-26-,30-27-. The van der Waals surface area contributed by atoms with E-state index in [-0.39, 0.29) is 19.3 Å². The normalized spacial score (nSPS) is 12.7. The summed E-state index contributed by atoms with van der Waals surface area (Å²) in [5, 5.41) is 21.3. The van der Waals surface area contributed by atoms with Gasteiger partial charge in [0, 0.05) is 19.3 Å². The number of Topliss-reactive ketones (excluding diaryl/α,β-unsaturated/α-hetero) is 2. The molecule has 6 heteroatoms. The van der Waals surface area contributed by atoms with Gasteiger partial charge in [0.25, 0.3) is 5.60 Å². The molecule has 1 atom stereocenters. The molecule has 0 aliphatic heterocycles. The highest BCUT2D eigenvalue weighted by atomic mass is 16.6. The van der Waals surface area contributed by atoms with Crippen LogP contribution in [0.5, 0.6) is 0 Å². The molecule has 0 aromatic rings. The number of aliphatic hydroxyl groups is 2. The monoisotopic (exact) mass is 885 g/mol. The first-order chi connectivity index (χ1) is 30.9. The maximum Gasteiger partial charge on any atom is 0.307 e. The fraction of sp³-hybridized carbons (Fsp3) is 0.842. The molecular weight excluding hydrogens is 781 g/mol. The van der Waals surface area contributed by atoms with Gasteiger partial charge >= 0.3 is 5.97 Å². The molecule has 6 nitrogen and oxygen atoms in total. The first-order valence-electron chi connectivity index (χ1n) is 27.4. The van der Waals surface area contributed by atoms with E-state index in [9.17, 15) is 24.6 Å². The minimum Gasteiger partial charge on any atom is -0.440 e. The lowest BCUT2D eigenvalue weighted by molar-refractivity contribution is -0.188. The molecule has 0 saturated heterocycles. The number of aliphatic hydroxyl groups excluding tert-OH is 2. The molecule has 0 bridgehead atoms. The molecule has 0 aliphatic rings. The van der Waals surface area contributed by atoms with Gasteiger partial charge in [-0.2, -0.15) is 0 Å². The number of ether oxygens (including phenoxy) is 1. The Morgan fingerprint density at radius 3 is 0.889 bits per heavy atom. The fourth-order valence-electron chi connectivity index (χ4n) is 8.49. The third-order valence-corrected chi connectivity index (χ3v) is 12.7. The van der Waals surface area contributed by atoms with Crippen molar-refractivity contribution in [3.8, 4) is 0 Å². The van der Waals surface area contributed by atoms with E-state index in [1.54, 1.807) is 0 Å². The van der Waals surface area contributed by atoms with Crippen molar-refractivity contribution >= 4 is 17.5 Å². The van der Waals surface area contributed by atoms with Gasteiger partial charge in [-0.05, 0) is 96.3 Å². The zero-order valence-electron chi connectivity index (χ0n) is 42.0. The first kappa shape index (κ1) is 60.9. The van der Waals surface area contributed by atoms with Gasteiger partial charge in [-0.3, -0.25) is 14.4 Å². The molecule has 0 saturated carbocycles. The second-order valence-corrected chi connectivity index (χ2v) is 18.8. The molecule has 0 heterocycles. The van der Waals surface area contributed by atoms with E-state index in [0.29, 0.717) is 19.3 Å². The lowest BCUT2D eigenvalue weighted by atomic mass is 9.82. The van der Waals surface area contributed by atoms with Gasteiger partial charge in [0.2, 0.25) is 0 Å². The summed E-state index contributed by atoms with van der Waals surface area (Å²) in [6.45, 7) is 5.93. The second kappa shape index (κ2) is 47.9. The number of carbonyl (C=O) groups is 3. The predicted octanol–water partition coefficient (Wildman–Crippen LogP) is 16.9. The lowest BCUT2D eigenvalue weighted by Crippen LogP contribution is -2.60. The topological polar surface area (TPSA) is 101 Å². The predicted molar refractivity (Wildman–Crippen MR) is 270 cm³/mol. The van der Waals surface area contributed by atoms with Crippen molar-refractivity contribution in [1.82, 2.24) is 0 Å². The number of hydrogen-bond acceptors (Lipinski definition) is 6. The van der Waals surface area contributed by atoms with E-state index in [1.807, 2.05) is 0 Å². The SMILES string of the molecule is CCCCCCCC/C=C\CCCCCCCC(=O)OC(C(=O)CCCCCCC/C=C\CCCCCCCC)(C(=O)CCCCCCC/C=C\CCCCCCCC)C(O)CO. The smallest absolute Gasteiger partial charge is 0.307 e. The van der Waals surface area contributed by atoms with Gasteiger partial charge in [0.05, 0.1) is 6.61 Å². The van der Waals surface area contributed by atoms with Crippen LogP contribution in [0.25, 0.3) is 0 Å². The molecule has 0 aromatic carbocycles. The highest BCUT2D eigenvalue weighted by Gasteiger charge is 2.53. The number of rotatable bonds is 50. The third kappa shape index (κ3) is 36.8. The van der Waals surface area contributed by atoms with Crippen LogP contribution in [0.2, 0.25) is 0 Å². The molecule has 0 aliphatic carbocycles. The quantitative estimate of drug-likeness (QED) is 0.0273. The Kier molecular flexibility index (Phi) is 46.3. The van der Waals surface area contributed by atoms with E-state index in [0.717, 1.165) is 109 Å². The Balaban J connectivity index is 4.95. The van der Waals surface area contributed by atoms with Crippen LogP contribution in [0, 0.1) is 0 Å². The molecule has 0 aromatic heterocycles. The van der Waals surface area contributed by atoms with E-state index < -0.39 is 35.8 Å². The van der Waals surface area contributed by atoms with Crippen molar-refractivity contribution in [2.75, 3.05) is 6.61 Å². The number of hydrogen-bond donors (Lipinski definition) is 2. The Hall–Kier alpha value is -2.05. The molecule has 0 rings (SSSR count). The van der Waals surface area contributed by atoms with Crippen LogP contribution in [-0.4, -0.2) is 46.1 Å². The Labute approximate surface area is 390 Å². The van der Waals surface area contributed by atoms with E-state index >= 15 is 0 Å². The summed E-state index contributed by atoms with van der Waals surface area (Å²) in [5.74, 6) is -1.79. The Bertz CT molecular complexity index is 1060. The molecule has 0 fully saturated rings. The molecule has 2 N–H and O–H groups in total. The number of ketones is 2. The van der Waals surface area contributed by atoms with E-state index in [1.165, 1.54) is 122 Å². The average molecular weight is 885 g/mol. The highest BCUT2D eigenvalue weighted by molar-refractivity contribution is 6.12. The van der Waals surface area contributed by atoms with Crippen molar-refractivity contribution in [3.05, 3.63) is 36.5 Å². The molecule has 0 amide bonds. The minimum absolute atomic E-state index is 0.0357. The van der Waals surface area contributed by atoms with E-state index in [2.05, 4.69) is 57.2 Å². The van der Waals surface area contributed by atoms with Gasteiger partial charge in [-0.1, -0.05) is 211 Å². The molecule has 0 spiro atoms. The third-order valence-electron chi connectivity index (χ3n) is 12.7. The van der Waals surface area contributed by atoms with Crippen LogP contribution in [0.15, 0.2) is 36.5 Å². The van der Waals surface area contributed by atoms with Crippen molar-refractivity contribution < 1.29 is 29.3 Å². The number of allylic oxidation sites excluding steroid dienone is 6. The maximum absolute atomic E-state index is 14.0. The average Bonchev–Trinajstić information content (AvgIpc) is 3.28. The molecule has 0 radical (unpaired) electrons. The molecular formula is C57H104O6. The molecule has 368 valence electrons. The Morgan fingerprint density at radius 2 is 0.619 bits per heavy atom. The van der Waals surface area contributed by atoms with Crippen LogP contribution in [0.4, 0.5) is 0 Å². The Morgan fingerprint density at radius 1 is 0.381 bits per heavy atom. The van der Waals surface area contributed by atoms with Crippen molar-refractivity contribution in [3.63, 3.8) is 0 Å². The van der Waals surface area contributed by atoms with Gasteiger partial charge in [0.1, 0.15) is 6.10 Å². The zero-order valence-corrected chi connectivity index (χ0v) is 42.0. The van der Waals surface area contributed by atoms with Gasteiger partial charge in [-0.15, -0.1) is 0 Å². The van der Waals surface area contributed by atoms with Crippen LogP contribution >= 0.6 is 0 Å². The molecule has 63 heavy (non-hydrogen) atoms. The first-order valence-corrected chi connectivity index (χ1v) is 27.4. The van der Waals surface area contributed by atoms with Crippen molar-refractivity contribution in [2.24, 2.45) is 0 Å². The van der Waals surface area contributed by atoms with Crippen molar-refractivity contribution in [1.29, 1.82) is 0 Å².